The summed E-state index contributed by atoms with van der Waals surface area (Å²) in [5.41, 5.74) is 8.35. The third kappa shape index (κ3) is 7.78. The summed E-state index contributed by atoms with van der Waals surface area (Å²) in [4.78, 5) is 25.1. The van der Waals surface area contributed by atoms with Gasteiger partial charge in [0.2, 0.25) is 0 Å². The molecule has 1 aromatic heterocycles. The number of carbonyl (C=O) groups excluding carboxylic acids is 1. The summed E-state index contributed by atoms with van der Waals surface area (Å²) in [6.45, 7) is 12.2. The molecule has 2 heterocycles. The second-order valence-corrected chi connectivity index (χ2v) is 10.3. The molecular weight excluding hydrogens is 454 g/mol. The summed E-state index contributed by atoms with van der Waals surface area (Å²) in [5.74, 6) is 0.975. The molecule has 36 heavy (non-hydrogen) atoms. The average molecular weight is 494 g/mol. The third-order valence-electron chi connectivity index (χ3n) is 5.75. The lowest BCUT2D eigenvalue weighted by Gasteiger charge is -2.33. The molecule has 1 amide bonds. The van der Waals surface area contributed by atoms with Crippen LogP contribution in [0.15, 0.2) is 47.6 Å². The van der Waals surface area contributed by atoms with Crippen molar-refractivity contribution in [3.63, 3.8) is 0 Å². The van der Waals surface area contributed by atoms with Crippen LogP contribution in [0.1, 0.15) is 58.6 Å². The first-order valence-electron chi connectivity index (χ1n) is 12.4. The molecule has 1 aliphatic heterocycles. The zero-order chi connectivity index (χ0) is 26.3. The molecule has 0 unspecified atom stereocenters. The van der Waals surface area contributed by atoms with Crippen LogP contribution in [-0.4, -0.2) is 58.9 Å². The van der Waals surface area contributed by atoms with Crippen molar-refractivity contribution in [2.45, 2.75) is 71.7 Å². The Balaban J connectivity index is 1.63. The predicted molar refractivity (Wildman–Crippen MR) is 146 cm³/mol. The van der Waals surface area contributed by atoms with Crippen LogP contribution < -0.4 is 16.0 Å². The second-order valence-electron chi connectivity index (χ2n) is 10.3. The highest BCUT2D eigenvalue weighted by atomic mass is 16.6. The number of nitrogens with one attached hydrogen (secondary N) is 2. The average Bonchev–Trinajstić information content (AvgIpc) is 2.80. The van der Waals surface area contributed by atoms with Gasteiger partial charge in [-0.1, -0.05) is 12.1 Å². The van der Waals surface area contributed by atoms with Crippen molar-refractivity contribution < 1.29 is 9.53 Å². The van der Waals surface area contributed by atoms with E-state index in [-0.39, 0.29) is 18.2 Å². The largest absolute Gasteiger partial charge is 0.444 e. The number of amides is 1. The highest BCUT2D eigenvalue weighted by molar-refractivity contribution is 6.20. The SMILES string of the molecule is CC(C)N=C(c1cccnc1N)N(C=N)c1ccc(CN2CCC(NC(=O)OC(C)(C)C)CC2)cc1. The van der Waals surface area contributed by atoms with Crippen molar-refractivity contribution in [2.24, 2.45) is 4.99 Å². The van der Waals surface area contributed by atoms with Crippen molar-refractivity contribution in [1.29, 1.82) is 5.41 Å². The number of hydrogen-bond acceptors (Lipinski definition) is 7. The van der Waals surface area contributed by atoms with Crippen LogP contribution in [-0.2, 0) is 11.3 Å². The number of nitrogens with two attached hydrogens (primary N) is 1. The fourth-order valence-corrected chi connectivity index (χ4v) is 4.10. The van der Waals surface area contributed by atoms with E-state index in [0.717, 1.165) is 38.2 Å². The number of nitrogens with zero attached hydrogens (tertiary/aromatic N) is 4. The van der Waals surface area contributed by atoms with Gasteiger partial charge >= 0.3 is 6.09 Å². The number of anilines is 2. The van der Waals surface area contributed by atoms with Crippen LogP contribution in [0.2, 0.25) is 0 Å². The molecule has 9 heteroatoms. The first-order chi connectivity index (χ1) is 17.1. The monoisotopic (exact) mass is 493 g/mol. The molecule has 1 saturated heterocycles. The number of benzene rings is 1. The lowest BCUT2D eigenvalue weighted by molar-refractivity contribution is 0.0477. The van der Waals surface area contributed by atoms with E-state index in [0.29, 0.717) is 17.2 Å². The highest BCUT2D eigenvalue weighted by Crippen LogP contribution is 2.22. The fourth-order valence-electron chi connectivity index (χ4n) is 4.10. The van der Waals surface area contributed by atoms with Gasteiger partial charge in [0.25, 0.3) is 0 Å². The molecule has 0 saturated carbocycles. The van der Waals surface area contributed by atoms with E-state index in [1.807, 2.05) is 58.9 Å². The number of likely N-dealkylation sites (tertiary alicyclic amines) is 1. The van der Waals surface area contributed by atoms with Gasteiger partial charge in [0, 0.05) is 43.6 Å². The molecule has 1 aromatic carbocycles. The Morgan fingerprint density at radius 3 is 2.50 bits per heavy atom. The molecule has 1 fully saturated rings. The normalized spacial score (nSPS) is 15.6. The number of carbonyl (C=O) groups is 1. The predicted octanol–water partition coefficient (Wildman–Crippen LogP) is 4.42. The maximum Gasteiger partial charge on any atom is 0.407 e. The summed E-state index contributed by atoms with van der Waals surface area (Å²) >= 11 is 0. The van der Waals surface area contributed by atoms with Gasteiger partial charge in [0.1, 0.15) is 17.3 Å². The molecule has 9 nitrogen and oxygen atoms in total. The number of piperidine rings is 1. The maximum absolute atomic E-state index is 12.0. The van der Waals surface area contributed by atoms with Gasteiger partial charge in [-0.25, -0.2) is 9.78 Å². The summed E-state index contributed by atoms with van der Waals surface area (Å²) in [5, 5.41) is 11.1. The number of alkyl carbamates (subject to hydrolysis) is 1. The minimum atomic E-state index is -0.490. The topological polar surface area (TPSA) is 120 Å². The van der Waals surface area contributed by atoms with Gasteiger partial charge < -0.3 is 15.8 Å². The lowest BCUT2D eigenvalue weighted by atomic mass is 10.0. The Labute approximate surface area is 214 Å². The summed E-state index contributed by atoms with van der Waals surface area (Å²) in [7, 11) is 0. The first kappa shape index (κ1) is 27.1. The van der Waals surface area contributed by atoms with Gasteiger partial charge in [-0.15, -0.1) is 0 Å². The van der Waals surface area contributed by atoms with E-state index in [9.17, 15) is 4.79 Å². The Morgan fingerprint density at radius 2 is 1.94 bits per heavy atom. The van der Waals surface area contributed by atoms with Crippen molar-refractivity contribution >= 4 is 29.8 Å². The molecule has 3 rings (SSSR count). The smallest absolute Gasteiger partial charge is 0.407 e. The van der Waals surface area contributed by atoms with Gasteiger partial charge in [-0.05, 0) is 77.3 Å². The van der Waals surface area contributed by atoms with E-state index >= 15 is 0 Å². The van der Waals surface area contributed by atoms with E-state index in [4.69, 9.17) is 20.9 Å². The summed E-state index contributed by atoms with van der Waals surface area (Å²) in [6.07, 6.45) is 4.33. The summed E-state index contributed by atoms with van der Waals surface area (Å²) in [6, 6.07) is 12.0. The highest BCUT2D eigenvalue weighted by Gasteiger charge is 2.24. The van der Waals surface area contributed by atoms with Gasteiger partial charge in [-0.3, -0.25) is 20.2 Å². The van der Waals surface area contributed by atoms with Crippen LogP contribution in [0, 0.1) is 5.41 Å². The molecule has 0 atom stereocenters. The standard InChI is InChI=1S/C27H39N7O2/c1-19(2)31-25(23-7-6-14-30-24(23)29)34(18-28)22-10-8-20(9-11-22)17-33-15-12-21(13-16-33)32-26(35)36-27(3,4)5/h6-11,14,18-19,21,28H,12-13,15-17H2,1-5H3,(H2,29,30)(H,32,35). The van der Waals surface area contributed by atoms with Crippen molar-refractivity contribution in [1.82, 2.24) is 15.2 Å². The van der Waals surface area contributed by atoms with E-state index in [1.54, 1.807) is 11.1 Å². The second kappa shape index (κ2) is 12.0. The number of pyridine rings is 1. The van der Waals surface area contributed by atoms with Crippen molar-refractivity contribution in [3.8, 4) is 0 Å². The van der Waals surface area contributed by atoms with E-state index < -0.39 is 5.60 Å². The molecule has 2 aromatic rings. The molecule has 0 aliphatic carbocycles. The quantitative estimate of drug-likeness (QED) is 0.388. The Morgan fingerprint density at radius 1 is 1.28 bits per heavy atom. The first-order valence-corrected chi connectivity index (χ1v) is 12.4. The van der Waals surface area contributed by atoms with Crippen molar-refractivity contribution in [2.75, 3.05) is 23.7 Å². The van der Waals surface area contributed by atoms with Crippen LogP contribution in [0.4, 0.5) is 16.3 Å². The Kier molecular flexibility index (Phi) is 9.03. The Hall–Kier alpha value is -3.46. The molecule has 0 spiro atoms. The lowest BCUT2D eigenvalue weighted by Crippen LogP contribution is -2.45. The third-order valence-corrected chi connectivity index (χ3v) is 5.75. The Bertz CT molecular complexity index is 1050. The van der Waals surface area contributed by atoms with Crippen LogP contribution in [0.3, 0.4) is 0 Å². The number of hydrogen-bond donors (Lipinski definition) is 3. The molecule has 1 aliphatic rings. The van der Waals surface area contributed by atoms with Crippen LogP contribution in [0.5, 0.6) is 0 Å². The molecule has 0 bridgehead atoms. The number of ether oxygens (including phenoxy) is 1. The molecule has 194 valence electrons. The maximum atomic E-state index is 12.0. The molecule has 4 N–H and O–H groups in total. The number of nitrogen functional groups attached to an aromatic ring is 1. The number of aliphatic imine (C=N–C) groups is 1. The van der Waals surface area contributed by atoms with Crippen LogP contribution >= 0.6 is 0 Å². The van der Waals surface area contributed by atoms with Gasteiger partial charge in [0.05, 0.1) is 11.9 Å². The number of amidine groups is 1. The molecular formula is C27H39N7O2. The minimum Gasteiger partial charge on any atom is -0.444 e. The zero-order valence-corrected chi connectivity index (χ0v) is 22.0. The fraction of sp³-hybridized carbons (Fsp3) is 0.481. The van der Waals surface area contributed by atoms with Gasteiger partial charge in [-0.2, -0.15) is 0 Å². The minimum absolute atomic E-state index is 0.0223. The number of aromatic nitrogens is 1. The van der Waals surface area contributed by atoms with Crippen LogP contribution in [0.25, 0.3) is 0 Å². The molecule has 0 radical (unpaired) electrons. The van der Waals surface area contributed by atoms with E-state index in [2.05, 4.69) is 27.3 Å². The van der Waals surface area contributed by atoms with Crippen molar-refractivity contribution in [3.05, 3.63) is 53.7 Å². The summed E-state index contributed by atoms with van der Waals surface area (Å²) < 4.78 is 5.37. The van der Waals surface area contributed by atoms with E-state index in [1.165, 1.54) is 11.9 Å². The zero-order valence-electron chi connectivity index (χ0n) is 22.0. The number of rotatable bonds is 7. The van der Waals surface area contributed by atoms with Gasteiger partial charge in [0.15, 0.2) is 0 Å².